The van der Waals surface area contributed by atoms with E-state index in [2.05, 4.69) is 5.32 Å². The first-order chi connectivity index (χ1) is 15.0. The Hall–Kier alpha value is -3.13. The van der Waals surface area contributed by atoms with E-state index in [1.807, 2.05) is 30.0 Å². The summed E-state index contributed by atoms with van der Waals surface area (Å²) in [5.41, 5.74) is 1.59. The molecule has 1 fully saturated rings. The van der Waals surface area contributed by atoms with Crippen LogP contribution in [-0.4, -0.2) is 62.2 Å². The van der Waals surface area contributed by atoms with Crippen molar-refractivity contribution in [2.45, 2.75) is 19.1 Å². The standard InChI is InChI=1S/C23H26FN3O4/c1-16(17-6-8-18(24)9-7-17)25-22(28)15-27-14-21(23(29)26-10-12-30-13-11-26)31-20-5-3-2-4-19(20)27/h2-9,16,21H,10-15H2,1H3,(H,25,28). The first kappa shape index (κ1) is 21.1. The molecular weight excluding hydrogens is 401 g/mol. The van der Waals surface area contributed by atoms with Crippen LogP contribution in [0.4, 0.5) is 10.1 Å². The second-order valence-corrected chi connectivity index (χ2v) is 7.73. The molecule has 1 saturated heterocycles. The van der Waals surface area contributed by atoms with E-state index in [1.54, 1.807) is 23.1 Å². The topological polar surface area (TPSA) is 71.1 Å². The zero-order valence-corrected chi connectivity index (χ0v) is 17.4. The molecule has 0 aromatic heterocycles. The van der Waals surface area contributed by atoms with Gasteiger partial charge in [-0.2, -0.15) is 0 Å². The number of amides is 2. The third-order valence-corrected chi connectivity index (χ3v) is 5.54. The summed E-state index contributed by atoms with van der Waals surface area (Å²) in [4.78, 5) is 29.4. The van der Waals surface area contributed by atoms with Crippen molar-refractivity contribution < 1.29 is 23.5 Å². The molecule has 31 heavy (non-hydrogen) atoms. The summed E-state index contributed by atoms with van der Waals surface area (Å²) in [6, 6.07) is 13.2. The quantitative estimate of drug-likeness (QED) is 0.792. The lowest BCUT2D eigenvalue weighted by Crippen LogP contribution is -2.54. The third kappa shape index (κ3) is 4.96. The Morgan fingerprint density at radius 1 is 1.13 bits per heavy atom. The summed E-state index contributed by atoms with van der Waals surface area (Å²) >= 11 is 0. The number of hydrogen-bond donors (Lipinski definition) is 1. The Labute approximate surface area is 180 Å². The second kappa shape index (κ2) is 9.34. The van der Waals surface area contributed by atoms with Crippen molar-refractivity contribution in [3.63, 3.8) is 0 Å². The Balaban J connectivity index is 1.45. The molecule has 0 saturated carbocycles. The molecule has 1 N–H and O–H groups in total. The number of carbonyl (C=O) groups is 2. The van der Waals surface area contributed by atoms with Crippen molar-refractivity contribution in [3.05, 3.63) is 59.9 Å². The normalized spacial score (nSPS) is 19.2. The van der Waals surface area contributed by atoms with Crippen LogP contribution in [0.25, 0.3) is 0 Å². The minimum absolute atomic E-state index is 0.0821. The first-order valence-electron chi connectivity index (χ1n) is 10.4. The number of fused-ring (bicyclic) bond motifs is 1. The van der Waals surface area contributed by atoms with Crippen molar-refractivity contribution in [1.29, 1.82) is 0 Å². The van der Waals surface area contributed by atoms with E-state index in [1.165, 1.54) is 12.1 Å². The summed E-state index contributed by atoms with van der Waals surface area (Å²) in [5, 5.41) is 2.95. The fraction of sp³-hybridized carbons (Fsp3) is 0.391. The molecule has 0 bridgehead atoms. The van der Waals surface area contributed by atoms with Gasteiger partial charge in [0.2, 0.25) is 5.91 Å². The van der Waals surface area contributed by atoms with Crippen LogP contribution in [0.3, 0.4) is 0 Å². The molecule has 2 atom stereocenters. The van der Waals surface area contributed by atoms with Gasteiger partial charge in [0.1, 0.15) is 11.6 Å². The maximum atomic E-state index is 13.2. The molecule has 0 aliphatic carbocycles. The average molecular weight is 427 g/mol. The van der Waals surface area contributed by atoms with E-state index in [4.69, 9.17) is 9.47 Å². The molecule has 0 radical (unpaired) electrons. The number of para-hydroxylation sites is 2. The van der Waals surface area contributed by atoms with E-state index < -0.39 is 6.10 Å². The number of halogens is 1. The Morgan fingerprint density at radius 2 is 1.84 bits per heavy atom. The molecule has 0 spiro atoms. The predicted molar refractivity (Wildman–Crippen MR) is 113 cm³/mol. The van der Waals surface area contributed by atoms with Crippen LogP contribution in [0.15, 0.2) is 48.5 Å². The van der Waals surface area contributed by atoms with Gasteiger partial charge in [0.15, 0.2) is 6.10 Å². The van der Waals surface area contributed by atoms with Crippen LogP contribution in [0.2, 0.25) is 0 Å². The van der Waals surface area contributed by atoms with Crippen LogP contribution in [-0.2, 0) is 14.3 Å². The van der Waals surface area contributed by atoms with E-state index in [9.17, 15) is 14.0 Å². The summed E-state index contributed by atoms with van der Waals surface area (Å²) in [6.45, 7) is 4.32. The largest absolute Gasteiger partial charge is 0.477 e. The summed E-state index contributed by atoms with van der Waals surface area (Å²) in [7, 11) is 0. The van der Waals surface area contributed by atoms with Gasteiger partial charge in [0.25, 0.3) is 5.91 Å². The van der Waals surface area contributed by atoms with Crippen molar-refractivity contribution in [3.8, 4) is 5.75 Å². The maximum absolute atomic E-state index is 13.2. The van der Waals surface area contributed by atoms with Crippen LogP contribution in [0.5, 0.6) is 5.75 Å². The first-order valence-corrected chi connectivity index (χ1v) is 10.4. The second-order valence-electron chi connectivity index (χ2n) is 7.73. The number of carbonyl (C=O) groups excluding carboxylic acids is 2. The predicted octanol–water partition coefficient (Wildman–Crippen LogP) is 2.13. The number of anilines is 1. The van der Waals surface area contributed by atoms with Gasteiger partial charge in [-0.05, 0) is 36.8 Å². The summed E-state index contributed by atoms with van der Waals surface area (Å²) in [5.74, 6) is -0.0167. The number of nitrogens with zero attached hydrogens (tertiary/aromatic N) is 2. The third-order valence-electron chi connectivity index (χ3n) is 5.54. The number of nitrogens with one attached hydrogen (secondary N) is 1. The van der Waals surface area contributed by atoms with Crippen molar-refractivity contribution in [2.24, 2.45) is 0 Å². The Morgan fingerprint density at radius 3 is 2.58 bits per heavy atom. The summed E-state index contributed by atoms with van der Waals surface area (Å²) < 4.78 is 24.5. The molecule has 2 unspecified atom stereocenters. The number of hydrogen-bond acceptors (Lipinski definition) is 5. The van der Waals surface area contributed by atoms with Gasteiger partial charge in [0, 0.05) is 13.1 Å². The van der Waals surface area contributed by atoms with Gasteiger partial charge in [-0.25, -0.2) is 4.39 Å². The number of benzene rings is 2. The molecule has 4 rings (SSSR count). The zero-order valence-electron chi connectivity index (χ0n) is 17.4. The molecule has 2 aliphatic heterocycles. The van der Waals surface area contributed by atoms with E-state index >= 15 is 0 Å². The average Bonchev–Trinajstić information content (AvgIpc) is 2.79. The molecule has 2 heterocycles. The van der Waals surface area contributed by atoms with E-state index in [0.717, 1.165) is 11.3 Å². The Kier molecular flexibility index (Phi) is 6.36. The smallest absolute Gasteiger partial charge is 0.265 e. The lowest BCUT2D eigenvalue weighted by Gasteiger charge is -2.38. The lowest BCUT2D eigenvalue weighted by atomic mass is 10.1. The number of ether oxygens (including phenoxy) is 2. The van der Waals surface area contributed by atoms with E-state index in [-0.39, 0.29) is 36.8 Å². The zero-order chi connectivity index (χ0) is 21.8. The van der Waals surface area contributed by atoms with Crippen LogP contribution in [0, 0.1) is 5.82 Å². The number of morpholine rings is 1. The van der Waals surface area contributed by atoms with Crippen LogP contribution >= 0.6 is 0 Å². The fourth-order valence-corrected chi connectivity index (χ4v) is 3.87. The van der Waals surface area contributed by atoms with Gasteiger partial charge in [0.05, 0.1) is 38.0 Å². The molecule has 8 heteroatoms. The summed E-state index contributed by atoms with van der Waals surface area (Å²) in [6.07, 6.45) is -0.685. The highest BCUT2D eigenvalue weighted by atomic mass is 19.1. The van der Waals surface area contributed by atoms with Crippen molar-refractivity contribution >= 4 is 17.5 Å². The molecule has 2 aromatic carbocycles. The van der Waals surface area contributed by atoms with E-state index in [0.29, 0.717) is 32.1 Å². The minimum Gasteiger partial charge on any atom is -0.477 e. The van der Waals surface area contributed by atoms with Gasteiger partial charge in [-0.3, -0.25) is 9.59 Å². The van der Waals surface area contributed by atoms with Gasteiger partial charge in [-0.15, -0.1) is 0 Å². The molecule has 2 aliphatic rings. The maximum Gasteiger partial charge on any atom is 0.265 e. The highest BCUT2D eigenvalue weighted by Gasteiger charge is 2.34. The molecule has 2 amide bonds. The molecule has 7 nitrogen and oxygen atoms in total. The minimum atomic E-state index is -0.685. The SMILES string of the molecule is CC(NC(=O)CN1CC(C(=O)N2CCOCC2)Oc2ccccc21)c1ccc(F)cc1. The highest BCUT2D eigenvalue weighted by molar-refractivity contribution is 5.86. The lowest BCUT2D eigenvalue weighted by molar-refractivity contribution is -0.142. The number of rotatable bonds is 5. The van der Waals surface area contributed by atoms with Crippen LogP contribution < -0.4 is 15.0 Å². The van der Waals surface area contributed by atoms with Gasteiger partial charge < -0.3 is 24.6 Å². The van der Waals surface area contributed by atoms with Crippen molar-refractivity contribution in [1.82, 2.24) is 10.2 Å². The monoisotopic (exact) mass is 427 g/mol. The molecule has 2 aromatic rings. The van der Waals surface area contributed by atoms with Crippen LogP contribution in [0.1, 0.15) is 18.5 Å². The Bertz CT molecular complexity index is 931. The van der Waals surface area contributed by atoms with Gasteiger partial charge >= 0.3 is 0 Å². The van der Waals surface area contributed by atoms with Crippen molar-refractivity contribution in [2.75, 3.05) is 44.3 Å². The van der Waals surface area contributed by atoms with Gasteiger partial charge in [-0.1, -0.05) is 24.3 Å². The highest BCUT2D eigenvalue weighted by Crippen LogP contribution is 2.33. The fourth-order valence-electron chi connectivity index (χ4n) is 3.87. The molecular formula is C23H26FN3O4. The molecule has 164 valence electrons.